The number of thioether (sulfide) groups is 1. The van der Waals surface area contributed by atoms with E-state index in [1.807, 2.05) is 37.3 Å². The Hall–Kier alpha value is -2.12. The first-order valence-electron chi connectivity index (χ1n) is 6.57. The van der Waals surface area contributed by atoms with Crippen molar-refractivity contribution in [2.75, 3.05) is 5.75 Å². The van der Waals surface area contributed by atoms with Gasteiger partial charge in [0, 0.05) is 0 Å². The molecule has 0 bridgehead atoms. The van der Waals surface area contributed by atoms with Crippen molar-refractivity contribution in [2.45, 2.75) is 11.3 Å². The number of para-hydroxylation sites is 1. The van der Waals surface area contributed by atoms with Gasteiger partial charge < -0.3 is 4.42 Å². The van der Waals surface area contributed by atoms with E-state index in [0.717, 1.165) is 20.3 Å². The lowest BCUT2D eigenvalue weighted by atomic mass is 10.3. The molecule has 2 heterocycles. The molecule has 0 fully saturated rings. The highest BCUT2D eigenvalue weighted by Crippen LogP contribution is 2.28. The summed E-state index contributed by atoms with van der Waals surface area (Å²) >= 11 is 2.98. The average molecular weight is 331 g/mol. The molecule has 0 atom stereocenters. The zero-order valence-corrected chi connectivity index (χ0v) is 13.4. The molecule has 3 rings (SSSR count). The molecular weight excluding hydrogens is 318 g/mol. The zero-order valence-electron chi connectivity index (χ0n) is 11.8. The summed E-state index contributed by atoms with van der Waals surface area (Å²) < 4.78 is 7.31. The number of hydrogen-bond donors (Lipinski definition) is 1. The Morgan fingerprint density at radius 2 is 2.27 bits per heavy atom. The molecule has 0 aliphatic heterocycles. The number of rotatable bonds is 5. The number of fused-ring (bicyclic) bond motifs is 1. The van der Waals surface area contributed by atoms with Gasteiger partial charge >= 0.3 is 0 Å². The smallest absolute Gasteiger partial charge is 0.250 e. The molecular formula is C15H13N3O2S2. The molecule has 1 N–H and O–H groups in total. The molecule has 22 heavy (non-hydrogen) atoms. The maximum absolute atomic E-state index is 11.7. The summed E-state index contributed by atoms with van der Waals surface area (Å²) in [6.45, 7) is 1.85. The first-order chi connectivity index (χ1) is 10.7. The highest BCUT2D eigenvalue weighted by Gasteiger charge is 2.06. The number of carbonyl (C=O) groups is 1. The number of furan rings is 1. The van der Waals surface area contributed by atoms with Gasteiger partial charge in [0.25, 0.3) is 5.91 Å². The van der Waals surface area contributed by atoms with E-state index < -0.39 is 0 Å². The van der Waals surface area contributed by atoms with Crippen LogP contribution in [0, 0.1) is 6.92 Å². The largest absolute Gasteiger partial charge is 0.460 e. The fraction of sp³-hybridized carbons (Fsp3) is 0.133. The molecule has 0 saturated heterocycles. The van der Waals surface area contributed by atoms with Crippen molar-refractivity contribution in [3.63, 3.8) is 0 Å². The van der Waals surface area contributed by atoms with E-state index in [1.54, 1.807) is 17.4 Å². The topological polar surface area (TPSA) is 67.5 Å². The van der Waals surface area contributed by atoms with Crippen molar-refractivity contribution < 1.29 is 9.21 Å². The number of benzene rings is 1. The second-order valence-corrected chi connectivity index (χ2v) is 6.73. The molecule has 5 nitrogen and oxygen atoms in total. The van der Waals surface area contributed by atoms with Crippen LogP contribution in [0.5, 0.6) is 0 Å². The van der Waals surface area contributed by atoms with E-state index in [4.69, 9.17) is 4.42 Å². The molecule has 0 aliphatic carbocycles. The van der Waals surface area contributed by atoms with Gasteiger partial charge in [-0.2, -0.15) is 5.10 Å². The molecule has 7 heteroatoms. The maximum atomic E-state index is 11.7. The SMILES string of the molecule is Cc1ccc(/C=N/NC(=O)CSc2nc3ccccc3s2)o1. The fourth-order valence-electron chi connectivity index (χ4n) is 1.76. The highest BCUT2D eigenvalue weighted by atomic mass is 32.2. The van der Waals surface area contributed by atoms with Crippen LogP contribution in [0.25, 0.3) is 10.2 Å². The van der Waals surface area contributed by atoms with Crippen LogP contribution in [-0.2, 0) is 4.79 Å². The van der Waals surface area contributed by atoms with Gasteiger partial charge in [-0.15, -0.1) is 11.3 Å². The number of nitrogens with one attached hydrogen (secondary N) is 1. The summed E-state index contributed by atoms with van der Waals surface area (Å²) in [5.41, 5.74) is 3.43. The van der Waals surface area contributed by atoms with E-state index in [9.17, 15) is 4.79 Å². The number of thiazole rings is 1. The minimum absolute atomic E-state index is 0.177. The molecule has 1 aromatic carbocycles. The summed E-state index contributed by atoms with van der Waals surface area (Å²) in [5, 5.41) is 3.86. The molecule has 2 aromatic heterocycles. The quantitative estimate of drug-likeness (QED) is 0.442. The molecule has 0 spiro atoms. The predicted octanol–water partition coefficient (Wildman–Crippen LogP) is 3.44. The lowest BCUT2D eigenvalue weighted by molar-refractivity contribution is -0.118. The maximum Gasteiger partial charge on any atom is 0.250 e. The van der Waals surface area contributed by atoms with Gasteiger partial charge in [0.05, 0.1) is 22.2 Å². The first kappa shape index (κ1) is 14.8. The third-order valence-electron chi connectivity index (χ3n) is 2.74. The highest BCUT2D eigenvalue weighted by molar-refractivity contribution is 8.01. The van der Waals surface area contributed by atoms with Crippen LogP contribution < -0.4 is 5.43 Å². The van der Waals surface area contributed by atoms with Crippen LogP contribution in [0.4, 0.5) is 0 Å². The number of aryl methyl sites for hydroxylation is 1. The van der Waals surface area contributed by atoms with Crippen LogP contribution in [0.15, 0.2) is 50.3 Å². The molecule has 0 radical (unpaired) electrons. The summed E-state index contributed by atoms with van der Waals surface area (Å²) in [6.07, 6.45) is 1.48. The Kier molecular flexibility index (Phi) is 4.55. The van der Waals surface area contributed by atoms with Crippen molar-refractivity contribution >= 4 is 45.4 Å². The Balaban J connectivity index is 1.50. The number of amides is 1. The summed E-state index contributed by atoms with van der Waals surface area (Å²) in [6, 6.07) is 11.5. The Labute approximate surface area is 135 Å². The summed E-state index contributed by atoms with van der Waals surface area (Å²) in [4.78, 5) is 16.2. The minimum Gasteiger partial charge on any atom is -0.460 e. The van der Waals surface area contributed by atoms with E-state index in [1.165, 1.54) is 18.0 Å². The van der Waals surface area contributed by atoms with Crippen LogP contribution in [-0.4, -0.2) is 22.9 Å². The van der Waals surface area contributed by atoms with Crippen LogP contribution >= 0.6 is 23.1 Å². The first-order valence-corrected chi connectivity index (χ1v) is 8.37. The molecule has 0 saturated carbocycles. The number of hydrogen-bond acceptors (Lipinski definition) is 6. The number of hydrazone groups is 1. The second-order valence-electron chi connectivity index (χ2n) is 4.48. The predicted molar refractivity (Wildman–Crippen MR) is 89.5 cm³/mol. The van der Waals surface area contributed by atoms with Crippen molar-refractivity contribution in [3.8, 4) is 0 Å². The standard InChI is InChI=1S/C15H13N3O2S2/c1-10-6-7-11(20-10)8-16-18-14(19)9-21-15-17-12-4-2-3-5-13(12)22-15/h2-8H,9H2,1H3,(H,18,19)/b16-8+. The van der Waals surface area contributed by atoms with Crippen molar-refractivity contribution in [1.29, 1.82) is 0 Å². The number of nitrogens with zero attached hydrogens (tertiary/aromatic N) is 2. The van der Waals surface area contributed by atoms with Gasteiger partial charge in [0.15, 0.2) is 4.34 Å². The summed E-state index contributed by atoms with van der Waals surface area (Å²) in [5.74, 6) is 1.51. The molecule has 0 unspecified atom stereocenters. The van der Waals surface area contributed by atoms with Crippen molar-refractivity contribution in [3.05, 3.63) is 47.9 Å². The van der Waals surface area contributed by atoms with Crippen molar-refractivity contribution in [2.24, 2.45) is 5.10 Å². The number of carbonyl (C=O) groups excluding carboxylic acids is 1. The van der Waals surface area contributed by atoms with Gasteiger partial charge in [0.1, 0.15) is 11.5 Å². The number of aromatic nitrogens is 1. The van der Waals surface area contributed by atoms with E-state index in [0.29, 0.717) is 5.76 Å². The third kappa shape index (κ3) is 3.75. The lowest BCUT2D eigenvalue weighted by Gasteiger charge is -1.96. The molecule has 3 aromatic rings. The third-order valence-corrected chi connectivity index (χ3v) is 4.92. The zero-order chi connectivity index (χ0) is 15.4. The lowest BCUT2D eigenvalue weighted by Crippen LogP contribution is -2.19. The van der Waals surface area contributed by atoms with Gasteiger partial charge in [-0.05, 0) is 31.2 Å². The van der Waals surface area contributed by atoms with Gasteiger partial charge in [-0.1, -0.05) is 23.9 Å². The Morgan fingerprint density at radius 1 is 1.41 bits per heavy atom. The fourth-order valence-corrected chi connectivity index (χ4v) is 3.62. The second kappa shape index (κ2) is 6.76. The van der Waals surface area contributed by atoms with Crippen molar-refractivity contribution in [1.82, 2.24) is 10.4 Å². The molecule has 0 aliphatic rings. The summed E-state index contributed by atoms with van der Waals surface area (Å²) in [7, 11) is 0. The monoisotopic (exact) mass is 331 g/mol. The van der Waals surface area contributed by atoms with Gasteiger partial charge in [0.2, 0.25) is 0 Å². The van der Waals surface area contributed by atoms with Crippen LogP contribution in [0.1, 0.15) is 11.5 Å². The normalized spacial score (nSPS) is 11.3. The van der Waals surface area contributed by atoms with E-state index in [-0.39, 0.29) is 11.7 Å². The van der Waals surface area contributed by atoms with Gasteiger partial charge in [-0.3, -0.25) is 4.79 Å². The Bertz CT molecular complexity index is 790. The average Bonchev–Trinajstić information content (AvgIpc) is 3.11. The Morgan fingerprint density at radius 3 is 3.05 bits per heavy atom. The van der Waals surface area contributed by atoms with E-state index >= 15 is 0 Å². The van der Waals surface area contributed by atoms with E-state index in [2.05, 4.69) is 15.5 Å². The minimum atomic E-state index is -0.177. The van der Waals surface area contributed by atoms with Gasteiger partial charge in [-0.25, -0.2) is 10.4 Å². The molecule has 112 valence electrons. The van der Waals surface area contributed by atoms with Crippen LogP contribution in [0.2, 0.25) is 0 Å². The van der Waals surface area contributed by atoms with Crippen LogP contribution in [0.3, 0.4) is 0 Å². The molecule has 1 amide bonds.